The molecule has 1 aromatic rings. The van der Waals surface area contributed by atoms with Gasteiger partial charge in [0.1, 0.15) is 5.82 Å². The van der Waals surface area contributed by atoms with Crippen LogP contribution in [0.4, 0.5) is 5.82 Å². The summed E-state index contributed by atoms with van der Waals surface area (Å²) in [5.74, 6) is 0.785. The third-order valence-corrected chi connectivity index (χ3v) is 4.00. The van der Waals surface area contributed by atoms with E-state index in [0.29, 0.717) is 11.6 Å². The smallest absolute Gasteiger partial charge is 0.251 e. The SMILES string of the molecule is Cc1cc(C(=O)NC(C)(C)CCCN(C)C)cc(NC2CC2)n1. The van der Waals surface area contributed by atoms with Gasteiger partial charge >= 0.3 is 0 Å². The minimum Gasteiger partial charge on any atom is -0.367 e. The Kier molecular flexibility index (Phi) is 5.63. The Morgan fingerprint density at radius 3 is 2.65 bits per heavy atom. The quantitative estimate of drug-likeness (QED) is 0.774. The third-order valence-electron chi connectivity index (χ3n) is 4.00. The van der Waals surface area contributed by atoms with Gasteiger partial charge in [0.05, 0.1) is 0 Å². The number of hydrogen-bond acceptors (Lipinski definition) is 4. The Bertz CT molecular complexity index is 550. The fourth-order valence-corrected chi connectivity index (χ4v) is 2.59. The summed E-state index contributed by atoms with van der Waals surface area (Å²) in [5.41, 5.74) is 1.33. The zero-order chi connectivity index (χ0) is 17.0. The van der Waals surface area contributed by atoms with Crippen molar-refractivity contribution in [3.05, 3.63) is 23.4 Å². The van der Waals surface area contributed by atoms with Crippen molar-refractivity contribution < 1.29 is 4.79 Å². The monoisotopic (exact) mass is 318 g/mol. The number of hydrogen-bond donors (Lipinski definition) is 2. The van der Waals surface area contributed by atoms with Gasteiger partial charge in [-0.2, -0.15) is 0 Å². The fraction of sp³-hybridized carbons (Fsp3) is 0.667. The molecule has 0 atom stereocenters. The number of nitrogens with zero attached hydrogens (tertiary/aromatic N) is 2. The summed E-state index contributed by atoms with van der Waals surface area (Å²) in [6.07, 6.45) is 4.39. The molecule has 1 aromatic heterocycles. The highest BCUT2D eigenvalue weighted by molar-refractivity contribution is 5.95. The van der Waals surface area contributed by atoms with Crippen LogP contribution >= 0.6 is 0 Å². The van der Waals surface area contributed by atoms with Gasteiger partial charge in [0.2, 0.25) is 0 Å². The molecule has 5 heteroatoms. The number of amides is 1. The molecule has 5 nitrogen and oxygen atoms in total. The lowest BCUT2D eigenvalue weighted by molar-refractivity contribution is 0.0907. The van der Waals surface area contributed by atoms with Crippen LogP contribution < -0.4 is 10.6 Å². The Morgan fingerprint density at radius 2 is 2.04 bits per heavy atom. The molecule has 0 saturated heterocycles. The molecule has 0 bridgehead atoms. The van der Waals surface area contributed by atoms with Crippen molar-refractivity contribution in [2.75, 3.05) is 26.0 Å². The summed E-state index contributed by atoms with van der Waals surface area (Å²) < 4.78 is 0. The first-order valence-corrected chi connectivity index (χ1v) is 8.48. The maximum Gasteiger partial charge on any atom is 0.251 e. The molecule has 0 unspecified atom stereocenters. The predicted molar refractivity (Wildman–Crippen MR) is 95.0 cm³/mol. The van der Waals surface area contributed by atoms with Gasteiger partial charge in [0, 0.05) is 22.8 Å². The Balaban J connectivity index is 1.97. The second-order valence-corrected chi connectivity index (χ2v) is 7.55. The van der Waals surface area contributed by atoms with E-state index in [2.05, 4.69) is 48.5 Å². The Hall–Kier alpha value is -1.62. The second kappa shape index (κ2) is 7.30. The lowest BCUT2D eigenvalue weighted by Crippen LogP contribution is -2.43. The molecule has 1 saturated carbocycles. The molecule has 0 aromatic carbocycles. The number of anilines is 1. The highest BCUT2D eigenvalue weighted by Gasteiger charge is 2.24. The number of carbonyl (C=O) groups is 1. The molecule has 1 aliphatic carbocycles. The molecule has 0 radical (unpaired) electrons. The van der Waals surface area contributed by atoms with Crippen LogP contribution in [-0.4, -0.2) is 48.0 Å². The normalized spacial score (nSPS) is 14.9. The van der Waals surface area contributed by atoms with Crippen molar-refractivity contribution in [1.29, 1.82) is 0 Å². The fourth-order valence-electron chi connectivity index (χ4n) is 2.59. The van der Waals surface area contributed by atoms with Gasteiger partial charge in [-0.05, 0) is 79.2 Å². The van der Waals surface area contributed by atoms with Crippen LogP contribution in [0.2, 0.25) is 0 Å². The van der Waals surface area contributed by atoms with E-state index in [1.807, 2.05) is 19.1 Å². The van der Waals surface area contributed by atoms with E-state index in [4.69, 9.17) is 0 Å². The molecule has 23 heavy (non-hydrogen) atoms. The van der Waals surface area contributed by atoms with Crippen LogP contribution in [-0.2, 0) is 0 Å². The minimum absolute atomic E-state index is 0.0239. The van der Waals surface area contributed by atoms with Crippen LogP contribution in [0.3, 0.4) is 0 Å². The topological polar surface area (TPSA) is 57.3 Å². The molecule has 0 spiro atoms. The van der Waals surface area contributed by atoms with Gasteiger partial charge < -0.3 is 15.5 Å². The third kappa shape index (κ3) is 6.18. The first-order chi connectivity index (χ1) is 10.7. The van der Waals surface area contributed by atoms with E-state index in [0.717, 1.165) is 30.9 Å². The van der Waals surface area contributed by atoms with E-state index in [-0.39, 0.29) is 11.4 Å². The van der Waals surface area contributed by atoms with Gasteiger partial charge in [0.25, 0.3) is 5.91 Å². The standard InChI is InChI=1S/C18H30N4O/c1-13-11-14(12-16(19-13)20-15-7-8-15)17(23)21-18(2,3)9-6-10-22(4)5/h11-12,15H,6-10H2,1-5H3,(H,19,20)(H,21,23). The maximum atomic E-state index is 12.6. The number of carbonyl (C=O) groups excluding carboxylic acids is 1. The van der Waals surface area contributed by atoms with E-state index in [1.54, 1.807) is 0 Å². The Morgan fingerprint density at radius 1 is 1.35 bits per heavy atom. The molecule has 1 heterocycles. The average Bonchev–Trinajstić information content (AvgIpc) is 3.20. The molecule has 1 fully saturated rings. The maximum absolute atomic E-state index is 12.6. The summed E-state index contributed by atoms with van der Waals surface area (Å²) in [7, 11) is 4.14. The van der Waals surface area contributed by atoms with Gasteiger partial charge in [0.15, 0.2) is 0 Å². The molecular weight excluding hydrogens is 288 g/mol. The Labute approximate surface area is 139 Å². The van der Waals surface area contributed by atoms with Crippen molar-refractivity contribution in [1.82, 2.24) is 15.2 Å². The zero-order valence-electron chi connectivity index (χ0n) is 15.1. The average molecular weight is 318 g/mol. The summed E-state index contributed by atoms with van der Waals surface area (Å²) in [6.45, 7) is 7.12. The minimum atomic E-state index is -0.214. The van der Waals surface area contributed by atoms with Crippen molar-refractivity contribution in [3.63, 3.8) is 0 Å². The molecule has 2 N–H and O–H groups in total. The summed E-state index contributed by atoms with van der Waals surface area (Å²) in [4.78, 5) is 19.2. The molecule has 128 valence electrons. The number of aryl methyl sites for hydroxylation is 1. The molecular formula is C18H30N4O. The van der Waals surface area contributed by atoms with Gasteiger partial charge in [-0.1, -0.05) is 0 Å². The van der Waals surface area contributed by atoms with Crippen molar-refractivity contribution >= 4 is 11.7 Å². The highest BCUT2D eigenvalue weighted by atomic mass is 16.1. The van der Waals surface area contributed by atoms with Crippen LogP contribution in [0.5, 0.6) is 0 Å². The van der Waals surface area contributed by atoms with Crippen LogP contribution in [0.25, 0.3) is 0 Å². The number of rotatable bonds is 8. The van der Waals surface area contributed by atoms with Gasteiger partial charge in [-0.25, -0.2) is 4.98 Å². The number of aromatic nitrogens is 1. The van der Waals surface area contributed by atoms with Crippen LogP contribution in [0.1, 0.15) is 55.6 Å². The van der Waals surface area contributed by atoms with E-state index < -0.39 is 0 Å². The number of nitrogens with one attached hydrogen (secondary N) is 2. The largest absolute Gasteiger partial charge is 0.367 e. The molecule has 0 aliphatic heterocycles. The molecule has 1 aliphatic rings. The molecule has 2 rings (SSSR count). The summed E-state index contributed by atoms with van der Waals surface area (Å²) in [5, 5.41) is 6.52. The molecule has 1 amide bonds. The van der Waals surface area contributed by atoms with E-state index >= 15 is 0 Å². The van der Waals surface area contributed by atoms with E-state index in [1.165, 1.54) is 12.8 Å². The van der Waals surface area contributed by atoms with Crippen LogP contribution in [0, 0.1) is 6.92 Å². The summed E-state index contributed by atoms with van der Waals surface area (Å²) >= 11 is 0. The van der Waals surface area contributed by atoms with E-state index in [9.17, 15) is 4.79 Å². The van der Waals surface area contributed by atoms with Gasteiger partial charge in [-0.3, -0.25) is 4.79 Å². The first-order valence-electron chi connectivity index (χ1n) is 8.48. The van der Waals surface area contributed by atoms with Gasteiger partial charge in [-0.15, -0.1) is 0 Å². The second-order valence-electron chi connectivity index (χ2n) is 7.55. The number of pyridine rings is 1. The van der Waals surface area contributed by atoms with Crippen molar-refractivity contribution in [2.24, 2.45) is 0 Å². The lowest BCUT2D eigenvalue weighted by atomic mass is 9.97. The van der Waals surface area contributed by atoms with Crippen molar-refractivity contribution in [3.8, 4) is 0 Å². The lowest BCUT2D eigenvalue weighted by Gasteiger charge is -2.27. The highest BCUT2D eigenvalue weighted by Crippen LogP contribution is 2.24. The predicted octanol–water partition coefficient (Wildman–Crippen LogP) is 2.81. The summed E-state index contributed by atoms with van der Waals surface area (Å²) in [6, 6.07) is 4.24. The van der Waals surface area contributed by atoms with Crippen LogP contribution in [0.15, 0.2) is 12.1 Å². The van der Waals surface area contributed by atoms with Crippen molar-refractivity contribution in [2.45, 2.75) is 58.0 Å². The first kappa shape index (κ1) is 17.7. The zero-order valence-corrected chi connectivity index (χ0v) is 15.1.